The van der Waals surface area contributed by atoms with Gasteiger partial charge in [-0.25, -0.2) is 4.79 Å². The molecule has 122 valence electrons. The fraction of sp³-hybridized carbons (Fsp3) is 0.538. The van der Waals surface area contributed by atoms with Crippen LogP contribution in [0.5, 0.6) is 5.88 Å². The lowest BCUT2D eigenvalue weighted by Gasteiger charge is -2.29. The predicted octanol–water partition coefficient (Wildman–Crippen LogP) is 2.92. The molecule has 0 aliphatic heterocycles. The first-order valence-corrected chi connectivity index (χ1v) is 6.89. The fourth-order valence-electron chi connectivity index (χ4n) is 1.73. The molecule has 1 atom stereocenters. The van der Waals surface area contributed by atoms with Crippen molar-refractivity contribution in [1.82, 2.24) is 4.98 Å². The van der Waals surface area contributed by atoms with E-state index in [1.165, 1.54) is 12.1 Å². The highest BCUT2D eigenvalue weighted by Crippen LogP contribution is 2.28. The quantitative estimate of drug-likeness (QED) is 0.486. The van der Waals surface area contributed by atoms with Gasteiger partial charge in [-0.3, -0.25) is 10.1 Å². The number of nitrogens with two attached hydrogens (primary N) is 1. The number of halogens is 1. The molecule has 2 N–H and O–H groups in total. The van der Waals surface area contributed by atoms with Gasteiger partial charge in [0, 0.05) is 12.5 Å². The summed E-state index contributed by atoms with van der Waals surface area (Å²) < 4.78 is 10.3. The summed E-state index contributed by atoms with van der Waals surface area (Å²) in [7, 11) is 0. The second-order valence-corrected chi connectivity index (χ2v) is 6.03. The Bertz CT molecular complexity index is 559. The zero-order valence-corrected chi connectivity index (χ0v) is 13.3. The van der Waals surface area contributed by atoms with Gasteiger partial charge in [-0.2, -0.15) is 4.98 Å². The number of nitro groups is 1. The van der Waals surface area contributed by atoms with E-state index in [-0.39, 0.29) is 28.7 Å². The lowest BCUT2D eigenvalue weighted by Crippen LogP contribution is -2.35. The van der Waals surface area contributed by atoms with Crippen molar-refractivity contribution in [2.75, 3.05) is 6.61 Å². The Labute approximate surface area is 132 Å². The summed E-state index contributed by atoms with van der Waals surface area (Å²) in [6, 6.07) is 2.52. The summed E-state index contributed by atoms with van der Waals surface area (Å²) in [5.74, 6) is -0.177. The molecule has 1 amide bonds. The van der Waals surface area contributed by atoms with E-state index >= 15 is 0 Å². The van der Waals surface area contributed by atoms with Gasteiger partial charge >= 0.3 is 11.8 Å². The van der Waals surface area contributed by atoms with Crippen molar-refractivity contribution in [2.45, 2.75) is 33.3 Å². The predicted molar refractivity (Wildman–Crippen MR) is 79.9 cm³/mol. The Hall–Kier alpha value is -2.09. The minimum Gasteiger partial charge on any atom is -0.473 e. The summed E-state index contributed by atoms with van der Waals surface area (Å²) in [6.45, 7) is 5.69. The Balaban J connectivity index is 2.75. The number of carbonyl (C=O) groups excluding carboxylic acids is 1. The molecule has 0 spiro atoms. The number of pyridine rings is 1. The van der Waals surface area contributed by atoms with Crippen LogP contribution >= 0.6 is 11.6 Å². The molecule has 9 heteroatoms. The van der Waals surface area contributed by atoms with Crippen molar-refractivity contribution in [1.29, 1.82) is 0 Å². The van der Waals surface area contributed by atoms with Crippen molar-refractivity contribution >= 4 is 23.4 Å². The normalized spacial score (nSPS) is 12.5. The smallest absolute Gasteiger partial charge is 0.404 e. The first kappa shape index (κ1) is 18.0. The van der Waals surface area contributed by atoms with E-state index in [0.717, 1.165) is 0 Å². The van der Waals surface area contributed by atoms with Crippen LogP contribution in [-0.2, 0) is 4.74 Å². The Morgan fingerprint density at radius 3 is 2.64 bits per heavy atom. The summed E-state index contributed by atoms with van der Waals surface area (Å²) >= 11 is 5.70. The zero-order chi connectivity index (χ0) is 16.9. The van der Waals surface area contributed by atoms with Gasteiger partial charge in [0.15, 0.2) is 0 Å². The number of rotatable bonds is 6. The fourth-order valence-corrected chi connectivity index (χ4v) is 1.87. The van der Waals surface area contributed by atoms with E-state index in [1.54, 1.807) is 0 Å². The monoisotopic (exact) mass is 331 g/mol. The van der Waals surface area contributed by atoms with Gasteiger partial charge in [-0.15, -0.1) is 0 Å². The standard InChI is InChI=1S/C13H18ClN3O5/c1-13(2,3)9(22-12(15)18)6-7-21-11-8(17(19)20)4-5-10(14)16-11/h4-5,9H,6-7H2,1-3H3,(H2,15,18). The van der Waals surface area contributed by atoms with E-state index in [0.29, 0.717) is 6.42 Å². The molecule has 0 fully saturated rings. The molecule has 8 nitrogen and oxygen atoms in total. The van der Waals surface area contributed by atoms with Gasteiger partial charge in [-0.05, 0) is 11.5 Å². The zero-order valence-electron chi connectivity index (χ0n) is 12.5. The summed E-state index contributed by atoms with van der Waals surface area (Å²) in [6.07, 6.45) is -1.08. The second-order valence-electron chi connectivity index (χ2n) is 5.64. The number of ether oxygens (including phenoxy) is 2. The van der Waals surface area contributed by atoms with Crippen LogP contribution in [-0.4, -0.2) is 28.7 Å². The maximum absolute atomic E-state index is 10.9. The third-order valence-electron chi connectivity index (χ3n) is 2.85. The van der Waals surface area contributed by atoms with Crippen molar-refractivity contribution in [3.05, 3.63) is 27.4 Å². The summed E-state index contributed by atoms with van der Waals surface area (Å²) in [5, 5.41) is 11.0. The molecule has 0 aliphatic rings. The molecule has 1 aromatic heterocycles. The molecule has 0 bridgehead atoms. The molecule has 0 saturated carbocycles. The number of hydrogen-bond acceptors (Lipinski definition) is 6. The van der Waals surface area contributed by atoms with Crippen molar-refractivity contribution in [2.24, 2.45) is 11.1 Å². The van der Waals surface area contributed by atoms with Gasteiger partial charge in [0.25, 0.3) is 5.88 Å². The third kappa shape index (κ3) is 5.36. The number of amides is 1. The highest BCUT2D eigenvalue weighted by atomic mass is 35.5. The topological polar surface area (TPSA) is 118 Å². The molecule has 0 aliphatic carbocycles. The van der Waals surface area contributed by atoms with Gasteiger partial charge in [0.05, 0.1) is 11.5 Å². The lowest BCUT2D eigenvalue weighted by atomic mass is 9.87. The number of nitrogens with zero attached hydrogens (tertiary/aromatic N) is 2. The molecular formula is C13H18ClN3O5. The minimum absolute atomic E-state index is 0.0589. The van der Waals surface area contributed by atoms with Crippen LogP contribution < -0.4 is 10.5 Å². The van der Waals surface area contributed by atoms with Crippen molar-refractivity contribution < 1.29 is 19.2 Å². The molecule has 1 rings (SSSR count). The largest absolute Gasteiger partial charge is 0.473 e. The highest BCUT2D eigenvalue weighted by Gasteiger charge is 2.28. The van der Waals surface area contributed by atoms with Gasteiger partial charge < -0.3 is 15.2 Å². The Morgan fingerprint density at radius 2 is 2.14 bits per heavy atom. The van der Waals surface area contributed by atoms with Gasteiger partial charge in [0.2, 0.25) is 0 Å². The second kappa shape index (κ2) is 7.26. The molecule has 1 aromatic rings. The SMILES string of the molecule is CC(C)(C)C(CCOc1nc(Cl)ccc1[N+](=O)[O-])OC(N)=O. The summed E-state index contributed by atoms with van der Waals surface area (Å²) in [5.41, 5.74) is 4.40. The van der Waals surface area contributed by atoms with Crippen LogP contribution in [0.3, 0.4) is 0 Å². The van der Waals surface area contributed by atoms with Gasteiger partial charge in [0.1, 0.15) is 11.3 Å². The van der Waals surface area contributed by atoms with E-state index < -0.39 is 17.1 Å². The average Bonchev–Trinajstić information content (AvgIpc) is 2.35. The summed E-state index contributed by atoms with van der Waals surface area (Å²) in [4.78, 5) is 25.0. The number of primary amides is 1. The Morgan fingerprint density at radius 1 is 1.50 bits per heavy atom. The minimum atomic E-state index is -0.883. The lowest BCUT2D eigenvalue weighted by molar-refractivity contribution is -0.386. The molecule has 0 saturated heterocycles. The average molecular weight is 332 g/mol. The molecule has 0 radical (unpaired) electrons. The van der Waals surface area contributed by atoms with Crippen LogP contribution in [0, 0.1) is 15.5 Å². The van der Waals surface area contributed by atoms with Crippen LogP contribution in [0.25, 0.3) is 0 Å². The highest BCUT2D eigenvalue weighted by molar-refractivity contribution is 6.29. The first-order valence-electron chi connectivity index (χ1n) is 6.51. The van der Waals surface area contributed by atoms with E-state index in [4.69, 9.17) is 26.8 Å². The van der Waals surface area contributed by atoms with E-state index in [9.17, 15) is 14.9 Å². The first-order chi connectivity index (χ1) is 10.1. The number of aromatic nitrogens is 1. The Kier molecular flexibility index (Phi) is 5.92. The maximum atomic E-state index is 10.9. The number of carbonyl (C=O) groups is 1. The van der Waals surface area contributed by atoms with E-state index in [1.807, 2.05) is 20.8 Å². The van der Waals surface area contributed by atoms with Crippen molar-refractivity contribution in [3.8, 4) is 5.88 Å². The maximum Gasteiger partial charge on any atom is 0.404 e. The van der Waals surface area contributed by atoms with Crippen LogP contribution in [0.15, 0.2) is 12.1 Å². The third-order valence-corrected chi connectivity index (χ3v) is 3.06. The van der Waals surface area contributed by atoms with Crippen LogP contribution in [0.4, 0.5) is 10.5 Å². The molecule has 1 heterocycles. The van der Waals surface area contributed by atoms with Crippen LogP contribution in [0.2, 0.25) is 5.15 Å². The number of hydrogen-bond donors (Lipinski definition) is 1. The molecule has 22 heavy (non-hydrogen) atoms. The van der Waals surface area contributed by atoms with E-state index in [2.05, 4.69) is 4.98 Å². The van der Waals surface area contributed by atoms with Gasteiger partial charge in [-0.1, -0.05) is 32.4 Å². The molecule has 1 unspecified atom stereocenters. The molecule has 0 aromatic carbocycles. The van der Waals surface area contributed by atoms with Crippen LogP contribution in [0.1, 0.15) is 27.2 Å². The molecular weight excluding hydrogens is 314 g/mol. The van der Waals surface area contributed by atoms with Crippen molar-refractivity contribution in [3.63, 3.8) is 0 Å².